The minimum Gasteiger partial charge on any atom is -0.444 e. The molecular formula is C25H44N2O7. The summed E-state index contributed by atoms with van der Waals surface area (Å²) in [5, 5.41) is 2.98. The number of carbonyl (C=O) groups excluding carboxylic acids is 3. The van der Waals surface area contributed by atoms with Crippen LogP contribution in [0.1, 0.15) is 68.2 Å². The molecule has 6 atom stereocenters. The monoisotopic (exact) mass is 484 g/mol. The minimum atomic E-state index is -0.994. The van der Waals surface area contributed by atoms with Gasteiger partial charge in [-0.05, 0) is 54.4 Å². The molecule has 1 rings (SSSR count). The normalized spacial score (nSPS) is 24.1. The molecule has 9 heteroatoms. The van der Waals surface area contributed by atoms with Crippen molar-refractivity contribution in [2.45, 2.75) is 104 Å². The molecule has 196 valence electrons. The summed E-state index contributed by atoms with van der Waals surface area (Å²) in [5.41, 5.74) is -1.77. The number of carbonyl (C=O) groups is 3. The predicted molar refractivity (Wildman–Crippen MR) is 129 cm³/mol. The van der Waals surface area contributed by atoms with Gasteiger partial charge in [-0.15, -0.1) is 6.58 Å². The van der Waals surface area contributed by atoms with Crippen LogP contribution in [0.3, 0.4) is 0 Å². The van der Waals surface area contributed by atoms with E-state index in [1.807, 2.05) is 13.8 Å². The molecule has 1 fully saturated rings. The highest BCUT2D eigenvalue weighted by atomic mass is 16.7. The van der Waals surface area contributed by atoms with Crippen molar-refractivity contribution in [1.82, 2.24) is 10.2 Å². The van der Waals surface area contributed by atoms with Gasteiger partial charge in [0.25, 0.3) is 0 Å². The fourth-order valence-corrected chi connectivity index (χ4v) is 4.60. The van der Waals surface area contributed by atoms with Crippen LogP contribution in [0.15, 0.2) is 12.7 Å². The van der Waals surface area contributed by atoms with Gasteiger partial charge in [-0.25, -0.2) is 4.79 Å². The van der Waals surface area contributed by atoms with Crippen LogP contribution in [0.25, 0.3) is 0 Å². The highest BCUT2D eigenvalue weighted by molar-refractivity contribution is 5.86. The van der Waals surface area contributed by atoms with E-state index in [4.69, 9.17) is 18.9 Å². The Morgan fingerprint density at radius 1 is 1.18 bits per heavy atom. The number of amides is 2. The molecular weight excluding hydrogens is 440 g/mol. The Morgan fingerprint density at radius 2 is 1.79 bits per heavy atom. The second-order valence-corrected chi connectivity index (χ2v) is 9.75. The summed E-state index contributed by atoms with van der Waals surface area (Å²) in [6, 6.07) is -2.09. The number of hydrogen-bond donors (Lipinski definition) is 1. The van der Waals surface area contributed by atoms with Crippen molar-refractivity contribution in [3.05, 3.63) is 12.7 Å². The van der Waals surface area contributed by atoms with E-state index in [0.29, 0.717) is 19.4 Å². The van der Waals surface area contributed by atoms with Gasteiger partial charge in [0, 0.05) is 26.6 Å². The Morgan fingerprint density at radius 3 is 2.21 bits per heavy atom. The predicted octanol–water partition coefficient (Wildman–Crippen LogP) is 3.45. The number of ether oxygens (including phenoxy) is 4. The van der Waals surface area contributed by atoms with Crippen LogP contribution in [0.5, 0.6) is 0 Å². The Bertz CT molecular complexity index is 715. The lowest BCUT2D eigenvalue weighted by molar-refractivity contribution is -0.140. The van der Waals surface area contributed by atoms with Crippen molar-refractivity contribution in [3.63, 3.8) is 0 Å². The molecule has 0 radical (unpaired) electrons. The molecule has 1 heterocycles. The van der Waals surface area contributed by atoms with Crippen molar-refractivity contribution >= 4 is 17.8 Å². The van der Waals surface area contributed by atoms with Gasteiger partial charge in [-0.1, -0.05) is 13.0 Å². The van der Waals surface area contributed by atoms with E-state index in [1.54, 1.807) is 33.8 Å². The molecule has 1 aliphatic heterocycles. The largest absolute Gasteiger partial charge is 0.444 e. The molecule has 0 bridgehead atoms. The van der Waals surface area contributed by atoms with Crippen LogP contribution in [0, 0.1) is 5.92 Å². The third-order valence-electron chi connectivity index (χ3n) is 6.19. The van der Waals surface area contributed by atoms with E-state index in [9.17, 15) is 14.4 Å². The average Bonchev–Trinajstić information content (AvgIpc) is 3.11. The van der Waals surface area contributed by atoms with E-state index in [2.05, 4.69) is 11.9 Å². The summed E-state index contributed by atoms with van der Waals surface area (Å²) in [5.74, 6) is -0.766. The minimum absolute atomic E-state index is 0.170. The topological polar surface area (TPSA) is 103 Å². The average molecular weight is 485 g/mol. The third-order valence-corrected chi connectivity index (χ3v) is 6.19. The van der Waals surface area contributed by atoms with E-state index in [0.717, 1.165) is 0 Å². The quantitative estimate of drug-likeness (QED) is 0.334. The molecule has 1 N–H and O–H groups in total. The number of nitrogens with zero attached hydrogens (tertiary/aromatic N) is 1. The highest BCUT2D eigenvalue weighted by Gasteiger charge is 2.55. The second-order valence-electron chi connectivity index (χ2n) is 9.75. The number of nitrogens with one attached hydrogen (secondary N) is 1. The van der Waals surface area contributed by atoms with Crippen LogP contribution < -0.4 is 5.32 Å². The molecule has 0 spiro atoms. The molecule has 2 unspecified atom stereocenters. The Kier molecular flexibility index (Phi) is 11.2. The first-order chi connectivity index (χ1) is 15.8. The first-order valence-electron chi connectivity index (χ1n) is 12.0. The summed E-state index contributed by atoms with van der Waals surface area (Å²) in [4.78, 5) is 40.0. The number of likely N-dealkylation sites (tertiary alicyclic amines) is 1. The first kappa shape index (κ1) is 30.1. The number of methoxy groups -OCH3 is 1. The third kappa shape index (κ3) is 7.52. The molecule has 9 nitrogen and oxygen atoms in total. The highest BCUT2D eigenvalue weighted by Crippen LogP contribution is 2.39. The Labute approximate surface area is 204 Å². The van der Waals surface area contributed by atoms with E-state index >= 15 is 0 Å². The number of hydrogen-bond acceptors (Lipinski definition) is 7. The molecule has 1 aliphatic rings. The standard InChI is InChI=1S/C25H44N2O7/c1-11-25(12-2,31-10)22(26-17(5)29)21-19(15-33-18(6)32-13-3)14-20(16(4)28)27(21)23(30)34-24(7,8)9/h11,18-22H,1,12-15H2,2-10H3,(H,26,29)/t18?,19-,20+,21+,22?,25-/m0/s1. The summed E-state index contributed by atoms with van der Waals surface area (Å²) in [6.07, 6.45) is 1.38. The molecule has 2 amide bonds. The number of rotatable bonds is 12. The zero-order valence-corrected chi connectivity index (χ0v) is 22.3. The summed E-state index contributed by atoms with van der Waals surface area (Å²) < 4.78 is 23.0. The van der Waals surface area contributed by atoms with E-state index < -0.39 is 41.7 Å². The molecule has 0 aromatic heterocycles. The Hall–Kier alpha value is -1.97. The van der Waals surface area contributed by atoms with Crippen molar-refractivity contribution in [3.8, 4) is 0 Å². The van der Waals surface area contributed by atoms with Crippen LogP contribution in [0.4, 0.5) is 4.79 Å². The summed E-state index contributed by atoms with van der Waals surface area (Å²) in [7, 11) is 1.54. The van der Waals surface area contributed by atoms with Gasteiger partial charge >= 0.3 is 6.09 Å². The van der Waals surface area contributed by atoms with Crippen molar-refractivity contribution in [1.29, 1.82) is 0 Å². The summed E-state index contributed by atoms with van der Waals surface area (Å²) in [6.45, 7) is 18.4. The second kappa shape index (κ2) is 12.7. The number of ketones is 1. The first-order valence-corrected chi connectivity index (χ1v) is 12.0. The van der Waals surface area contributed by atoms with Gasteiger partial charge in [0.15, 0.2) is 12.1 Å². The Balaban J connectivity index is 3.63. The van der Waals surface area contributed by atoms with Crippen LogP contribution in [0.2, 0.25) is 0 Å². The number of Topliss-reactive ketones (excluding diaryl/α,β-unsaturated/α-hetero) is 1. The molecule has 0 aromatic rings. The fraction of sp³-hybridized carbons (Fsp3) is 0.800. The van der Waals surface area contributed by atoms with Gasteiger partial charge in [0.2, 0.25) is 5.91 Å². The molecule has 34 heavy (non-hydrogen) atoms. The molecule has 0 aromatic carbocycles. The smallest absolute Gasteiger partial charge is 0.411 e. The lowest BCUT2D eigenvalue weighted by Crippen LogP contribution is -2.65. The summed E-state index contributed by atoms with van der Waals surface area (Å²) >= 11 is 0. The van der Waals surface area contributed by atoms with Crippen LogP contribution in [-0.4, -0.2) is 78.6 Å². The van der Waals surface area contributed by atoms with Crippen molar-refractivity contribution < 1.29 is 33.3 Å². The molecule has 0 saturated carbocycles. The zero-order chi connectivity index (χ0) is 26.3. The maximum Gasteiger partial charge on any atom is 0.411 e. The van der Waals surface area contributed by atoms with Gasteiger partial charge in [-0.2, -0.15) is 0 Å². The van der Waals surface area contributed by atoms with Gasteiger partial charge in [-0.3, -0.25) is 14.5 Å². The van der Waals surface area contributed by atoms with Crippen molar-refractivity contribution in [2.24, 2.45) is 5.92 Å². The lowest BCUT2D eigenvalue weighted by atomic mass is 9.81. The molecule has 1 saturated heterocycles. The van der Waals surface area contributed by atoms with Crippen LogP contribution >= 0.6 is 0 Å². The van der Waals surface area contributed by atoms with E-state index in [-0.39, 0.29) is 24.2 Å². The maximum atomic E-state index is 13.5. The van der Waals surface area contributed by atoms with Crippen molar-refractivity contribution in [2.75, 3.05) is 20.3 Å². The zero-order valence-electron chi connectivity index (χ0n) is 22.3. The lowest BCUT2D eigenvalue weighted by Gasteiger charge is -2.45. The van der Waals surface area contributed by atoms with Gasteiger partial charge in [0.05, 0.1) is 24.7 Å². The van der Waals surface area contributed by atoms with Crippen LogP contribution in [-0.2, 0) is 28.5 Å². The van der Waals surface area contributed by atoms with E-state index in [1.165, 1.54) is 25.9 Å². The maximum absolute atomic E-state index is 13.5. The fourth-order valence-electron chi connectivity index (χ4n) is 4.60. The van der Waals surface area contributed by atoms with Gasteiger partial charge < -0.3 is 24.3 Å². The molecule has 0 aliphatic carbocycles. The van der Waals surface area contributed by atoms with Gasteiger partial charge in [0.1, 0.15) is 11.2 Å². The SMILES string of the molecule is C=C[C@@](CC)(OC)C(NC(C)=O)[C@H]1[C@H](COC(C)OCC)C[C@H](C(C)=O)N1C(=O)OC(C)(C)C.